The van der Waals surface area contributed by atoms with Crippen molar-refractivity contribution in [1.29, 1.82) is 0 Å². The van der Waals surface area contributed by atoms with Gasteiger partial charge in [0.2, 0.25) is 0 Å². The minimum absolute atomic E-state index is 0.351. The van der Waals surface area contributed by atoms with Crippen LogP contribution in [0.15, 0.2) is 24.3 Å². The number of hydrogen-bond donors (Lipinski definition) is 2. The van der Waals surface area contributed by atoms with Crippen LogP contribution in [0.5, 0.6) is 0 Å². The molecule has 0 bridgehead atoms. The Morgan fingerprint density at radius 2 is 1.68 bits per heavy atom. The normalized spacial score (nSPS) is 14.7. The Hall–Kier alpha value is -2.74. The summed E-state index contributed by atoms with van der Waals surface area (Å²) >= 11 is 0. The van der Waals surface area contributed by atoms with Gasteiger partial charge in [0.1, 0.15) is 24.7 Å². The molecule has 1 fully saturated rings. The number of carboxylic acids is 2. The third-order valence-electron chi connectivity index (χ3n) is 4.14. The van der Waals surface area contributed by atoms with Crippen molar-refractivity contribution in [3.8, 4) is 0 Å². The van der Waals surface area contributed by atoms with Crippen LogP contribution in [0.2, 0.25) is 0 Å². The van der Waals surface area contributed by atoms with Crippen LogP contribution in [0, 0.1) is 0 Å². The van der Waals surface area contributed by atoms with Crippen molar-refractivity contribution in [3.63, 3.8) is 0 Å². The molecule has 0 unspecified atom stereocenters. The molecule has 0 aliphatic carbocycles. The molecule has 1 aliphatic heterocycles. The van der Waals surface area contributed by atoms with E-state index in [9.17, 15) is 9.59 Å². The third kappa shape index (κ3) is 4.21. The van der Waals surface area contributed by atoms with Gasteiger partial charge < -0.3 is 15.1 Å². The number of anilines is 1. The van der Waals surface area contributed by atoms with E-state index in [1.165, 1.54) is 4.90 Å². The molecule has 132 valence electrons. The van der Waals surface area contributed by atoms with Gasteiger partial charge in [0.15, 0.2) is 0 Å². The average molecular weight is 344 g/mol. The van der Waals surface area contributed by atoms with Gasteiger partial charge in [0.25, 0.3) is 0 Å². The Kier molecular flexibility index (Phi) is 5.08. The van der Waals surface area contributed by atoms with Crippen LogP contribution in [0.4, 0.5) is 5.82 Å². The molecule has 3 rings (SSSR count). The van der Waals surface area contributed by atoms with Crippen molar-refractivity contribution in [2.24, 2.45) is 0 Å². The molecule has 1 saturated heterocycles. The van der Waals surface area contributed by atoms with Gasteiger partial charge in [0, 0.05) is 5.39 Å². The zero-order chi connectivity index (χ0) is 17.8. The van der Waals surface area contributed by atoms with Crippen LogP contribution < -0.4 is 4.90 Å². The second-order valence-electron chi connectivity index (χ2n) is 6.11. The summed E-state index contributed by atoms with van der Waals surface area (Å²) in [6.07, 6.45) is 2.29. The van der Waals surface area contributed by atoms with Crippen molar-refractivity contribution in [1.82, 2.24) is 14.9 Å². The fourth-order valence-corrected chi connectivity index (χ4v) is 3.09. The first kappa shape index (κ1) is 17.1. The molecule has 8 nitrogen and oxygen atoms in total. The second-order valence-corrected chi connectivity index (χ2v) is 6.11. The molecule has 1 aliphatic rings. The lowest BCUT2D eigenvalue weighted by Gasteiger charge is -2.22. The van der Waals surface area contributed by atoms with E-state index in [0.717, 1.165) is 25.9 Å². The van der Waals surface area contributed by atoms with Crippen LogP contribution >= 0.6 is 0 Å². The van der Waals surface area contributed by atoms with Gasteiger partial charge in [0.05, 0.1) is 12.1 Å². The molecule has 0 atom stereocenters. The number of rotatable bonds is 7. The van der Waals surface area contributed by atoms with Crippen LogP contribution in [-0.4, -0.2) is 63.2 Å². The van der Waals surface area contributed by atoms with E-state index in [1.54, 1.807) is 12.1 Å². The van der Waals surface area contributed by atoms with E-state index in [1.807, 2.05) is 12.1 Å². The molecule has 2 aromatic rings. The smallest absolute Gasteiger partial charge is 0.323 e. The second kappa shape index (κ2) is 7.43. The van der Waals surface area contributed by atoms with Crippen molar-refractivity contribution in [3.05, 3.63) is 30.1 Å². The standard InChI is InChI=1S/C17H20N4O4/c22-15(23)10-21(11-16(24)25)17-12-5-1-2-6-13(12)18-14(19-17)9-20-7-3-4-8-20/h1-2,5-6H,3-4,7-11H2,(H,22,23)(H,24,25). The maximum Gasteiger partial charge on any atom is 0.323 e. The predicted octanol–water partition coefficient (Wildman–Crippen LogP) is 1.20. The summed E-state index contributed by atoms with van der Waals surface area (Å²) < 4.78 is 0. The van der Waals surface area contributed by atoms with Crippen molar-refractivity contribution in [2.45, 2.75) is 19.4 Å². The Bertz CT molecular complexity index is 773. The number of aromatic nitrogens is 2. The van der Waals surface area contributed by atoms with Gasteiger partial charge in [-0.25, -0.2) is 9.97 Å². The van der Waals surface area contributed by atoms with Gasteiger partial charge in [-0.05, 0) is 38.1 Å². The lowest BCUT2D eigenvalue weighted by atomic mass is 10.2. The first-order valence-electron chi connectivity index (χ1n) is 8.19. The van der Waals surface area contributed by atoms with Gasteiger partial charge in [-0.15, -0.1) is 0 Å². The number of carboxylic acid groups (broad SMARTS) is 2. The molecule has 1 aromatic heterocycles. The molecule has 2 N–H and O–H groups in total. The minimum Gasteiger partial charge on any atom is -0.480 e. The van der Waals surface area contributed by atoms with Crippen LogP contribution in [0.3, 0.4) is 0 Å². The lowest BCUT2D eigenvalue weighted by Crippen LogP contribution is -2.35. The number of hydrogen-bond acceptors (Lipinski definition) is 6. The molecular weight excluding hydrogens is 324 g/mol. The van der Waals surface area contributed by atoms with Crippen LogP contribution in [0.25, 0.3) is 10.9 Å². The van der Waals surface area contributed by atoms with Crippen molar-refractivity contribution >= 4 is 28.7 Å². The third-order valence-corrected chi connectivity index (χ3v) is 4.14. The molecule has 1 aromatic carbocycles. The Morgan fingerprint density at radius 1 is 1.04 bits per heavy atom. The minimum atomic E-state index is -1.11. The molecule has 8 heteroatoms. The van der Waals surface area contributed by atoms with E-state index < -0.39 is 25.0 Å². The van der Waals surface area contributed by atoms with E-state index in [4.69, 9.17) is 10.2 Å². The topological polar surface area (TPSA) is 107 Å². The van der Waals surface area contributed by atoms with Gasteiger partial charge in [-0.3, -0.25) is 14.5 Å². The zero-order valence-electron chi connectivity index (χ0n) is 13.8. The maximum atomic E-state index is 11.2. The summed E-state index contributed by atoms with van der Waals surface area (Å²) in [5.41, 5.74) is 0.683. The molecule has 0 saturated carbocycles. The largest absolute Gasteiger partial charge is 0.480 e. The maximum absolute atomic E-state index is 11.2. The summed E-state index contributed by atoms with van der Waals surface area (Å²) in [5, 5.41) is 18.9. The van der Waals surface area contributed by atoms with Crippen LogP contribution in [0.1, 0.15) is 18.7 Å². The molecule has 0 amide bonds. The Labute approximate surface area is 144 Å². The summed E-state index contributed by atoms with van der Waals surface area (Å²) in [7, 11) is 0. The van der Waals surface area contributed by atoms with Crippen molar-refractivity contribution < 1.29 is 19.8 Å². The van der Waals surface area contributed by atoms with Crippen molar-refractivity contribution in [2.75, 3.05) is 31.1 Å². The lowest BCUT2D eigenvalue weighted by molar-refractivity contribution is -0.136. The highest BCUT2D eigenvalue weighted by Gasteiger charge is 2.21. The highest BCUT2D eigenvalue weighted by molar-refractivity contribution is 5.92. The van der Waals surface area contributed by atoms with E-state index in [-0.39, 0.29) is 0 Å². The Balaban J connectivity index is 2.02. The molecule has 0 radical (unpaired) electrons. The first-order valence-corrected chi connectivity index (χ1v) is 8.19. The molecule has 2 heterocycles. The number of nitrogens with zero attached hydrogens (tertiary/aromatic N) is 4. The zero-order valence-corrected chi connectivity index (χ0v) is 13.8. The van der Waals surface area contributed by atoms with Gasteiger partial charge >= 0.3 is 11.9 Å². The van der Waals surface area contributed by atoms with E-state index >= 15 is 0 Å². The monoisotopic (exact) mass is 344 g/mol. The number of benzene rings is 1. The Morgan fingerprint density at radius 3 is 2.32 bits per heavy atom. The number of likely N-dealkylation sites (tertiary alicyclic amines) is 1. The number of aliphatic carboxylic acids is 2. The van der Waals surface area contributed by atoms with E-state index in [0.29, 0.717) is 29.1 Å². The highest BCUT2D eigenvalue weighted by atomic mass is 16.4. The van der Waals surface area contributed by atoms with Gasteiger partial charge in [-0.2, -0.15) is 0 Å². The SMILES string of the molecule is O=C(O)CN(CC(=O)O)c1nc(CN2CCCC2)nc2ccccc12. The fourth-order valence-electron chi connectivity index (χ4n) is 3.09. The fraction of sp³-hybridized carbons (Fsp3) is 0.412. The molecule has 0 spiro atoms. The highest BCUT2D eigenvalue weighted by Crippen LogP contribution is 2.24. The summed E-state index contributed by atoms with van der Waals surface area (Å²) in [6, 6.07) is 7.25. The number of carbonyl (C=O) groups is 2. The average Bonchev–Trinajstić information content (AvgIpc) is 3.05. The number of fused-ring (bicyclic) bond motifs is 1. The quantitative estimate of drug-likeness (QED) is 0.772. The van der Waals surface area contributed by atoms with E-state index in [2.05, 4.69) is 14.9 Å². The molecule has 25 heavy (non-hydrogen) atoms. The number of para-hydroxylation sites is 1. The molecular formula is C17H20N4O4. The summed E-state index contributed by atoms with van der Waals surface area (Å²) in [4.78, 5) is 34.9. The summed E-state index contributed by atoms with van der Waals surface area (Å²) in [5.74, 6) is -1.28. The predicted molar refractivity (Wildman–Crippen MR) is 91.5 cm³/mol. The van der Waals surface area contributed by atoms with Gasteiger partial charge in [-0.1, -0.05) is 12.1 Å². The first-order chi connectivity index (χ1) is 12.0. The summed E-state index contributed by atoms with van der Waals surface area (Å²) in [6.45, 7) is 1.68. The van der Waals surface area contributed by atoms with Crippen LogP contribution in [-0.2, 0) is 16.1 Å².